The lowest BCUT2D eigenvalue weighted by Gasteiger charge is -2.11. The number of rotatable bonds is 6. The van der Waals surface area contributed by atoms with E-state index in [1.54, 1.807) is 30.3 Å². The second-order valence-electron chi connectivity index (χ2n) is 4.67. The van der Waals surface area contributed by atoms with E-state index in [2.05, 4.69) is 15.4 Å². The minimum atomic E-state index is -0.709. The van der Waals surface area contributed by atoms with E-state index >= 15 is 0 Å². The molecule has 0 aliphatic carbocycles. The van der Waals surface area contributed by atoms with Crippen LogP contribution in [0.5, 0.6) is 0 Å². The second kappa shape index (κ2) is 8.47. The number of hydrogen-bond acceptors (Lipinski definition) is 5. The Balaban J connectivity index is 2.73. The van der Waals surface area contributed by atoms with Gasteiger partial charge in [-0.2, -0.15) is 5.26 Å². The van der Waals surface area contributed by atoms with Crippen molar-refractivity contribution in [1.29, 1.82) is 5.26 Å². The van der Waals surface area contributed by atoms with Crippen molar-refractivity contribution in [1.82, 2.24) is 5.32 Å². The first-order valence-electron chi connectivity index (χ1n) is 6.87. The molecule has 6 heteroatoms. The molecule has 1 amide bonds. The number of esters is 1. The highest BCUT2D eigenvalue weighted by atomic mass is 16.5. The molecule has 1 aromatic rings. The van der Waals surface area contributed by atoms with Crippen LogP contribution in [0.1, 0.15) is 30.6 Å². The van der Waals surface area contributed by atoms with Gasteiger partial charge in [-0.25, -0.2) is 4.79 Å². The Kier molecular flexibility index (Phi) is 6.64. The summed E-state index contributed by atoms with van der Waals surface area (Å²) in [4.78, 5) is 23.2. The zero-order valence-corrected chi connectivity index (χ0v) is 12.8. The second-order valence-corrected chi connectivity index (χ2v) is 4.67. The number of methoxy groups -OCH3 is 1. The van der Waals surface area contributed by atoms with Crippen LogP contribution in [0.3, 0.4) is 0 Å². The Morgan fingerprint density at radius 1 is 1.36 bits per heavy atom. The molecule has 22 heavy (non-hydrogen) atoms. The molecule has 6 nitrogen and oxygen atoms in total. The fraction of sp³-hybridized carbons (Fsp3) is 0.312. The third-order valence-corrected chi connectivity index (χ3v) is 3.05. The van der Waals surface area contributed by atoms with Crippen LogP contribution in [-0.4, -0.2) is 25.0 Å². The van der Waals surface area contributed by atoms with Crippen molar-refractivity contribution in [2.45, 2.75) is 26.3 Å². The molecule has 0 aliphatic heterocycles. The van der Waals surface area contributed by atoms with Crippen molar-refractivity contribution in [2.75, 3.05) is 12.4 Å². The SMILES string of the molecule is CCC(C)NC(=O)c1ccc(N/C=C(\C#N)C(=O)OC)cc1. The number of ether oxygens (including phenoxy) is 1. The molecular formula is C16H19N3O3. The third kappa shape index (κ3) is 4.94. The summed E-state index contributed by atoms with van der Waals surface area (Å²) >= 11 is 0. The zero-order valence-electron chi connectivity index (χ0n) is 12.8. The molecule has 0 aromatic heterocycles. The van der Waals surface area contributed by atoms with Crippen LogP contribution in [0, 0.1) is 11.3 Å². The molecule has 0 saturated carbocycles. The summed E-state index contributed by atoms with van der Waals surface area (Å²) in [7, 11) is 1.21. The summed E-state index contributed by atoms with van der Waals surface area (Å²) < 4.78 is 4.47. The molecule has 1 unspecified atom stereocenters. The number of nitrogens with one attached hydrogen (secondary N) is 2. The quantitative estimate of drug-likeness (QED) is 0.477. The lowest BCUT2D eigenvalue weighted by atomic mass is 10.1. The Hall–Kier alpha value is -2.81. The highest BCUT2D eigenvalue weighted by Gasteiger charge is 2.09. The van der Waals surface area contributed by atoms with Crippen molar-refractivity contribution in [3.05, 3.63) is 41.6 Å². The normalized spacial score (nSPS) is 12.0. The molecule has 1 atom stereocenters. The van der Waals surface area contributed by atoms with Gasteiger partial charge in [0.25, 0.3) is 5.91 Å². The number of benzene rings is 1. The minimum Gasteiger partial charge on any atom is -0.465 e. The fourth-order valence-corrected chi connectivity index (χ4v) is 1.53. The molecule has 2 N–H and O–H groups in total. The summed E-state index contributed by atoms with van der Waals surface area (Å²) in [6.45, 7) is 3.94. The smallest absolute Gasteiger partial charge is 0.350 e. The van der Waals surface area contributed by atoms with Gasteiger partial charge in [0.1, 0.15) is 6.07 Å². The van der Waals surface area contributed by atoms with Crippen LogP contribution in [0.15, 0.2) is 36.0 Å². The molecule has 116 valence electrons. The molecule has 0 heterocycles. The van der Waals surface area contributed by atoms with E-state index in [1.807, 2.05) is 13.8 Å². The Bertz CT molecular complexity index is 600. The van der Waals surface area contributed by atoms with Gasteiger partial charge in [-0.3, -0.25) is 4.79 Å². The van der Waals surface area contributed by atoms with Gasteiger partial charge in [0.2, 0.25) is 0 Å². The minimum absolute atomic E-state index is 0.117. The molecule has 0 saturated heterocycles. The highest BCUT2D eigenvalue weighted by Crippen LogP contribution is 2.11. The van der Waals surface area contributed by atoms with Crippen LogP contribution in [0.25, 0.3) is 0 Å². The summed E-state index contributed by atoms with van der Waals surface area (Å²) in [5.74, 6) is -0.844. The van der Waals surface area contributed by atoms with E-state index < -0.39 is 5.97 Å². The standard InChI is InChI=1S/C16H19N3O3/c1-4-11(2)19-15(20)12-5-7-14(8-6-12)18-10-13(9-17)16(21)22-3/h5-8,10-11,18H,4H2,1-3H3,(H,19,20)/b13-10+. The number of anilines is 1. The lowest BCUT2D eigenvalue weighted by molar-refractivity contribution is -0.135. The predicted octanol–water partition coefficient (Wildman–Crippen LogP) is 2.21. The van der Waals surface area contributed by atoms with Crippen LogP contribution in [0.2, 0.25) is 0 Å². The van der Waals surface area contributed by atoms with Gasteiger partial charge in [0.05, 0.1) is 7.11 Å². The lowest BCUT2D eigenvalue weighted by Crippen LogP contribution is -2.31. The summed E-state index contributed by atoms with van der Waals surface area (Å²) in [5, 5.41) is 14.5. The number of nitrogens with zero attached hydrogens (tertiary/aromatic N) is 1. The molecule has 1 aromatic carbocycles. The fourth-order valence-electron chi connectivity index (χ4n) is 1.53. The predicted molar refractivity (Wildman–Crippen MR) is 83.0 cm³/mol. The molecule has 0 aliphatic rings. The molecule has 0 spiro atoms. The topological polar surface area (TPSA) is 91.2 Å². The van der Waals surface area contributed by atoms with Crippen molar-refractivity contribution in [2.24, 2.45) is 0 Å². The first-order chi connectivity index (χ1) is 10.5. The summed E-state index contributed by atoms with van der Waals surface area (Å²) in [6, 6.07) is 8.56. The molecule has 1 rings (SSSR count). The number of hydrogen-bond donors (Lipinski definition) is 2. The van der Waals surface area contributed by atoms with Crippen molar-refractivity contribution in [3.8, 4) is 6.07 Å². The number of amides is 1. The molecule has 0 fully saturated rings. The van der Waals surface area contributed by atoms with Crippen LogP contribution < -0.4 is 10.6 Å². The van der Waals surface area contributed by atoms with E-state index in [9.17, 15) is 9.59 Å². The van der Waals surface area contributed by atoms with E-state index in [0.29, 0.717) is 11.3 Å². The third-order valence-electron chi connectivity index (χ3n) is 3.05. The van der Waals surface area contributed by atoms with Crippen LogP contribution >= 0.6 is 0 Å². The largest absolute Gasteiger partial charge is 0.465 e. The van der Waals surface area contributed by atoms with Gasteiger partial charge in [-0.1, -0.05) is 6.92 Å². The van der Waals surface area contributed by atoms with Gasteiger partial charge < -0.3 is 15.4 Å². The number of carbonyl (C=O) groups is 2. The van der Waals surface area contributed by atoms with Crippen molar-refractivity contribution in [3.63, 3.8) is 0 Å². The first kappa shape index (κ1) is 17.2. The maximum atomic E-state index is 11.9. The number of nitriles is 1. The van der Waals surface area contributed by atoms with Gasteiger partial charge >= 0.3 is 5.97 Å². The van der Waals surface area contributed by atoms with E-state index in [0.717, 1.165) is 6.42 Å². The average molecular weight is 301 g/mol. The molecule has 0 bridgehead atoms. The van der Waals surface area contributed by atoms with Gasteiger partial charge in [0.15, 0.2) is 5.57 Å². The monoisotopic (exact) mass is 301 g/mol. The number of carbonyl (C=O) groups excluding carboxylic acids is 2. The Labute approximate surface area is 129 Å². The Morgan fingerprint density at radius 3 is 2.50 bits per heavy atom. The van der Waals surface area contributed by atoms with E-state index in [1.165, 1.54) is 13.3 Å². The Morgan fingerprint density at radius 2 is 2.00 bits per heavy atom. The molecule has 0 radical (unpaired) electrons. The maximum absolute atomic E-state index is 11.9. The zero-order chi connectivity index (χ0) is 16.5. The van der Waals surface area contributed by atoms with E-state index in [4.69, 9.17) is 5.26 Å². The van der Waals surface area contributed by atoms with Crippen LogP contribution in [0.4, 0.5) is 5.69 Å². The van der Waals surface area contributed by atoms with Crippen LogP contribution in [-0.2, 0) is 9.53 Å². The first-order valence-corrected chi connectivity index (χ1v) is 6.87. The highest BCUT2D eigenvalue weighted by molar-refractivity contribution is 5.95. The summed E-state index contributed by atoms with van der Waals surface area (Å²) in [5.41, 5.74) is 1.06. The summed E-state index contributed by atoms with van der Waals surface area (Å²) in [6.07, 6.45) is 2.13. The van der Waals surface area contributed by atoms with Crippen molar-refractivity contribution < 1.29 is 14.3 Å². The van der Waals surface area contributed by atoms with Crippen molar-refractivity contribution >= 4 is 17.6 Å². The van der Waals surface area contributed by atoms with Gasteiger partial charge in [-0.15, -0.1) is 0 Å². The average Bonchev–Trinajstić information content (AvgIpc) is 2.55. The molecular weight excluding hydrogens is 282 g/mol. The van der Waals surface area contributed by atoms with E-state index in [-0.39, 0.29) is 17.5 Å². The van der Waals surface area contributed by atoms with Gasteiger partial charge in [-0.05, 0) is 37.6 Å². The maximum Gasteiger partial charge on any atom is 0.350 e. The van der Waals surface area contributed by atoms with Gasteiger partial charge in [0, 0.05) is 23.5 Å².